The lowest BCUT2D eigenvalue weighted by Gasteiger charge is -2.28. The lowest BCUT2D eigenvalue weighted by molar-refractivity contribution is -0.141. The van der Waals surface area contributed by atoms with Crippen LogP contribution in [0.3, 0.4) is 0 Å². The molecule has 3 heterocycles. The Kier molecular flexibility index (Phi) is 4.49. The number of hydrogen-bond donors (Lipinski definition) is 1. The van der Waals surface area contributed by atoms with Crippen LogP contribution in [-0.4, -0.2) is 33.6 Å². The highest BCUT2D eigenvalue weighted by Gasteiger charge is 2.35. The Morgan fingerprint density at radius 2 is 2.24 bits per heavy atom. The maximum atomic E-state index is 12.7. The van der Waals surface area contributed by atoms with E-state index < -0.39 is 11.9 Å². The van der Waals surface area contributed by atoms with E-state index in [0.717, 1.165) is 24.9 Å². The first-order valence-corrected chi connectivity index (χ1v) is 8.62. The predicted molar refractivity (Wildman–Crippen MR) is 77.4 cm³/mol. The fourth-order valence-corrected chi connectivity index (χ4v) is 4.16. The van der Waals surface area contributed by atoms with Crippen LogP contribution in [0.5, 0.6) is 0 Å². The van der Waals surface area contributed by atoms with Crippen LogP contribution >= 0.6 is 11.8 Å². The van der Waals surface area contributed by atoms with E-state index in [1.54, 1.807) is 4.57 Å². The van der Waals surface area contributed by atoms with Gasteiger partial charge in [-0.1, -0.05) is 0 Å². The van der Waals surface area contributed by atoms with Crippen LogP contribution in [0.2, 0.25) is 0 Å². The molecule has 0 bridgehead atoms. The second kappa shape index (κ2) is 6.20. The van der Waals surface area contributed by atoms with E-state index in [2.05, 4.69) is 10.3 Å². The summed E-state index contributed by atoms with van der Waals surface area (Å²) in [6, 6.07) is 0.568. The number of nitrogens with one attached hydrogen (secondary N) is 1. The summed E-state index contributed by atoms with van der Waals surface area (Å²) in [4.78, 5) is 3.72. The van der Waals surface area contributed by atoms with Gasteiger partial charge in [-0.25, -0.2) is 4.98 Å². The van der Waals surface area contributed by atoms with Gasteiger partial charge in [0.1, 0.15) is 5.82 Å². The van der Waals surface area contributed by atoms with E-state index in [4.69, 9.17) is 0 Å². The zero-order valence-electron chi connectivity index (χ0n) is 11.8. The maximum absolute atomic E-state index is 12.7. The molecule has 0 saturated carbocycles. The predicted octanol–water partition coefficient (Wildman–Crippen LogP) is 2.95. The molecule has 0 amide bonds. The summed E-state index contributed by atoms with van der Waals surface area (Å²) in [5.41, 5.74) is -0.755. The van der Waals surface area contributed by atoms with Gasteiger partial charge in [-0.15, -0.1) is 0 Å². The van der Waals surface area contributed by atoms with Crippen molar-refractivity contribution in [1.82, 2.24) is 14.9 Å². The monoisotopic (exact) mass is 319 g/mol. The van der Waals surface area contributed by atoms with Crippen molar-refractivity contribution in [2.75, 3.05) is 18.1 Å². The first-order valence-electron chi connectivity index (χ1n) is 7.47. The minimum Gasteiger partial charge on any atom is -0.334 e. The van der Waals surface area contributed by atoms with Crippen LogP contribution in [0.1, 0.15) is 30.8 Å². The van der Waals surface area contributed by atoms with Gasteiger partial charge in [0.25, 0.3) is 0 Å². The van der Waals surface area contributed by atoms with Crippen LogP contribution in [0.4, 0.5) is 13.2 Å². The van der Waals surface area contributed by atoms with Gasteiger partial charge in [0, 0.05) is 31.0 Å². The molecule has 3 rings (SSSR count). The molecule has 2 aliphatic rings. The quantitative estimate of drug-likeness (QED) is 0.929. The Morgan fingerprint density at radius 3 is 2.95 bits per heavy atom. The fraction of sp³-hybridized carbons (Fsp3) is 0.786. The minimum absolute atomic E-state index is 0.403. The maximum Gasteiger partial charge on any atom is 0.434 e. The van der Waals surface area contributed by atoms with Gasteiger partial charge in [-0.3, -0.25) is 0 Å². The normalized spacial score (nSPS) is 26.6. The van der Waals surface area contributed by atoms with E-state index in [0.29, 0.717) is 30.7 Å². The number of halogens is 3. The number of thioether (sulfide) groups is 1. The zero-order valence-corrected chi connectivity index (χ0v) is 12.6. The van der Waals surface area contributed by atoms with Crippen LogP contribution in [-0.2, 0) is 19.1 Å². The molecule has 3 nitrogen and oxygen atoms in total. The Labute approximate surface area is 126 Å². The average molecular weight is 319 g/mol. The van der Waals surface area contributed by atoms with E-state index in [-0.39, 0.29) is 0 Å². The fourth-order valence-electron chi connectivity index (χ4n) is 3.05. The summed E-state index contributed by atoms with van der Waals surface area (Å²) in [6.07, 6.45) is 0.861. The third-order valence-corrected chi connectivity index (χ3v) is 5.45. The Hall–Kier alpha value is -0.690. The summed E-state index contributed by atoms with van der Waals surface area (Å²) in [5.74, 6) is 3.38. The first-order chi connectivity index (χ1) is 10.0. The highest BCUT2D eigenvalue weighted by atomic mass is 32.2. The third kappa shape index (κ3) is 3.74. The number of aryl methyl sites for hydroxylation is 1. The topological polar surface area (TPSA) is 29.9 Å². The van der Waals surface area contributed by atoms with Gasteiger partial charge < -0.3 is 9.88 Å². The van der Waals surface area contributed by atoms with Crippen molar-refractivity contribution in [3.8, 4) is 0 Å². The summed E-state index contributed by atoms with van der Waals surface area (Å²) < 4.78 is 39.7. The van der Waals surface area contributed by atoms with E-state index >= 15 is 0 Å². The molecular weight excluding hydrogens is 299 g/mol. The Balaban J connectivity index is 1.55. The number of imidazole rings is 1. The largest absolute Gasteiger partial charge is 0.434 e. The van der Waals surface area contributed by atoms with Crippen molar-refractivity contribution in [2.24, 2.45) is 5.92 Å². The van der Waals surface area contributed by atoms with Gasteiger partial charge in [0.05, 0.1) is 0 Å². The van der Waals surface area contributed by atoms with Gasteiger partial charge >= 0.3 is 6.18 Å². The third-order valence-electron chi connectivity index (χ3n) is 4.24. The van der Waals surface area contributed by atoms with E-state index in [1.807, 2.05) is 11.8 Å². The molecule has 0 aliphatic carbocycles. The number of fused-ring (bicyclic) bond motifs is 1. The second-order valence-electron chi connectivity index (χ2n) is 5.92. The van der Waals surface area contributed by atoms with Crippen molar-refractivity contribution >= 4 is 11.8 Å². The summed E-state index contributed by atoms with van der Waals surface area (Å²) in [7, 11) is 0. The molecule has 1 N–H and O–H groups in total. The molecule has 1 aromatic heterocycles. The second-order valence-corrected chi connectivity index (χ2v) is 7.07. The molecule has 1 aromatic rings. The molecule has 1 saturated heterocycles. The van der Waals surface area contributed by atoms with Crippen molar-refractivity contribution in [2.45, 2.75) is 44.4 Å². The standard InChI is InChI=1S/C14H20F3N3S/c15-14(16,17)12-8-20-7-10(3-4-13(20)19-12)6-18-11-2-1-5-21-9-11/h8,10-11,18H,1-7,9H2. The average Bonchev–Trinajstić information content (AvgIpc) is 2.89. The lowest BCUT2D eigenvalue weighted by atomic mass is 9.99. The number of alkyl halides is 3. The summed E-state index contributed by atoms with van der Waals surface area (Å²) in [6.45, 7) is 1.54. The SMILES string of the molecule is FC(F)(F)c1cn2c(n1)CCC(CNC1CCCSC1)C2. The van der Waals surface area contributed by atoms with Crippen LogP contribution in [0.25, 0.3) is 0 Å². The van der Waals surface area contributed by atoms with E-state index in [1.165, 1.54) is 18.6 Å². The molecule has 0 aromatic carbocycles. The molecule has 21 heavy (non-hydrogen) atoms. The van der Waals surface area contributed by atoms with Crippen LogP contribution < -0.4 is 5.32 Å². The zero-order chi connectivity index (χ0) is 14.9. The van der Waals surface area contributed by atoms with Gasteiger partial charge in [0.15, 0.2) is 5.69 Å². The van der Waals surface area contributed by atoms with E-state index in [9.17, 15) is 13.2 Å². The Bertz CT molecular complexity index is 480. The van der Waals surface area contributed by atoms with Crippen molar-refractivity contribution < 1.29 is 13.2 Å². The first kappa shape index (κ1) is 15.2. The molecule has 0 radical (unpaired) electrons. The van der Waals surface area contributed by atoms with Crippen LogP contribution in [0.15, 0.2) is 6.20 Å². The number of rotatable bonds is 3. The van der Waals surface area contributed by atoms with Crippen molar-refractivity contribution in [3.63, 3.8) is 0 Å². The van der Waals surface area contributed by atoms with Gasteiger partial charge in [-0.05, 0) is 37.5 Å². The molecule has 2 aliphatic heterocycles. The van der Waals surface area contributed by atoms with Crippen molar-refractivity contribution in [1.29, 1.82) is 0 Å². The molecule has 1 fully saturated rings. The van der Waals surface area contributed by atoms with Crippen LogP contribution in [0, 0.1) is 5.92 Å². The number of hydrogen-bond acceptors (Lipinski definition) is 3. The smallest absolute Gasteiger partial charge is 0.334 e. The summed E-state index contributed by atoms with van der Waals surface area (Å²) in [5, 5.41) is 3.58. The lowest BCUT2D eigenvalue weighted by Crippen LogP contribution is -2.39. The minimum atomic E-state index is -4.34. The number of nitrogens with zero attached hydrogens (tertiary/aromatic N) is 2. The number of aromatic nitrogens is 2. The van der Waals surface area contributed by atoms with Gasteiger partial charge in [-0.2, -0.15) is 24.9 Å². The molecule has 7 heteroatoms. The molecule has 118 valence electrons. The highest BCUT2D eigenvalue weighted by Crippen LogP contribution is 2.30. The van der Waals surface area contributed by atoms with Crippen molar-refractivity contribution in [3.05, 3.63) is 17.7 Å². The van der Waals surface area contributed by atoms with Gasteiger partial charge in [0.2, 0.25) is 0 Å². The molecule has 0 spiro atoms. The Morgan fingerprint density at radius 1 is 1.38 bits per heavy atom. The molecule has 2 atom stereocenters. The highest BCUT2D eigenvalue weighted by molar-refractivity contribution is 7.99. The molecule has 2 unspecified atom stereocenters. The molecular formula is C14H20F3N3S. The summed E-state index contributed by atoms with van der Waals surface area (Å²) >= 11 is 1.98.